The number of nitrogens with zero attached hydrogens (tertiary/aromatic N) is 1. The van der Waals surface area contributed by atoms with Crippen molar-refractivity contribution in [3.05, 3.63) is 17.3 Å². The molecule has 0 aromatic carbocycles. The third-order valence-corrected chi connectivity index (χ3v) is 1.74. The van der Waals surface area contributed by atoms with Crippen molar-refractivity contribution in [2.75, 3.05) is 0 Å². The third kappa shape index (κ3) is 4.26. The summed E-state index contributed by atoms with van der Waals surface area (Å²) in [6.45, 7) is 7.00. The maximum absolute atomic E-state index is 11.4. The summed E-state index contributed by atoms with van der Waals surface area (Å²) in [5.41, 5.74) is -0.368. The van der Waals surface area contributed by atoms with Crippen molar-refractivity contribution in [3.63, 3.8) is 0 Å². The topological polar surface area (TPSA) is 81.4 Å². The molecule has 0 spiro atoms. The number of alkyl carbamates (subject to hydrolysis) is 1. The first-order chi connectivity index (χ1) is 7.81. The van der Waals surface area contributed by atoms with Gasteiger partial charge in [-0.3, -0.25) is 4.79 Å². The first-order valence-electron chi connectivity index (χ1n) is 5.20. The monoisotopic (exact) mass is 240 g/mol. The molecule has 0 saturated heterocycles. The summed E-state index contributed by atoms with van der Waals surface area (Å²) < 4.78 is 10.2. The Morgan fingerprint density at radius 1 is 1.53 bits per heavy atom. The van der Waals surface area contributed by atoms with E-state index in [4.69, 9.17) is 9.15 Å². The molecule has 17 heavy (non-hydrogen) atoms. The van der Waals surface area contributed by atoms with Gasteiger partial charge >= 0.3 is 6.09 Å². The minimum Gasteiger partial charge on any atom is -0.444 e. The molecule has 1 rings (SSSR count). The number of carbonyl (C=O) groups excluding carboxylic acids is 2. The maximum Gasteiger partial charge on any atom is 0.408 e. The second-order valence-corrected chi connectivity index (χ2v) is 4.51. The zero-order chi connectivity index (χ0) is 13.1. The Bertz CT molecular complexity index is 418. The van der Waals surface area contributed by atoms with E-state index >= 15 is 0 Å². The van der Waals surface area contributed by atoms with E-state index in [0.717, 1.165) is 0 Å². The molecule has 0 aliphatic carbocycles. The van der Waals surface area contributed by atoms with Gasteiger partial charge in [0.05, 0.1) is 6.54 Å². The van der Waals surface area contributed by atoms with Crippen LogP contribution in [-0.2, 0) is 11.3 Å². The molecule has 0 radical (unpaired) electrons. The minimum atomic E-state index is -0.566. The Balaban J connectivity index is 2.55. The van der Waals surface area contributed by atoms with Gasteiger partial charge in [0.2, 0.25) is 0 Å². The summed E-state index contributed by atoms with van der Waals surface area (Å²) in [5, 5.41) is 2.49. The van der Waals surface area contributed by atoms with Gasteiger partial charge < -0.3 is 14.5 Å². The molecule has 0 aliphatic rings. The number of amides is 1. The number of hydrogen-bond acceptors (Lipinski definition) is 5. The van der Waals surface area contributed by atoms with Gasteiger partial charge in [0, 0.05) is 6.92 Å². The number of ether oxygens (including phenoxy) is 1. The van der Waals surface area contributed by atoms with Crippen LogP contribution in [0.1, 0.15) is 42.9 Å². The van der Waals surface area contributed by atoms with Crippen molar-refractivity contribution >= 4 is 12.4 Å². The van der Waals surface area contributed by atoms with Gasteiger partial charge in [-0.15, -0.1) is 0 Å². The molecular weight excluding hydrogens is 224 g/mol. The smallest absolute Gasteiger partial charge is 0.408 e. The van der Waals surface area contributed by atoms with Crippen molar-refractivity contribution in [2.45, 2.75) is 39.8 Å². The fraction of sp³-hybridized carbons (Fsp3) is 0.545. The van der Waals surface area contributed by atoms with E-state index < -0.39 is 11.7 Å². The van der Waals surface area contributed by atoms with Crippen molar-refractivity contribution in [3.8, 4) is 0 Å². The lowest BCUT2D eigenvalue weighted by atomic mass is 10.2. The van der Waals surface area contributed by atoms with E-state index in [-0.39, 0.29) is 12.2 Å². The number of carbonyl (C=O) groups is 2. The van der Waals surface area contributed by atoms with E-state index in [9.17, 15) is 9.59 Å². The number of oxazole rings is 1. The van der Waals surface area contributed by atoms with Gasteiger partial charge in [-0.2, -0.15) is 0 Å². The molecule has 1 amide bonds. The lowest BCUT2D eigenvalue weighted by molar-refractivity contribution is 0.0519. The Kier molecular flexibility index (Phi) is 3.88. The molecule has 0 unspecified atom stereocenters. The van der Waals surface area contributed by atoms with Crippen LogP contribution in [-0.4, -0.2) is 23.0 Å². The zero-order valence-electron chi connectivity index (χ0n) is 10.4. The second kappa shape index (κ2) is 4.99. The highest BCUT2D eigenvalue weighted by molar-refractivity contribution is 5.73. The summed E-state index contributed by atoms with van der Waals surface area (Å²) in [7, 11) is 0. The maximum atomic E-state index is 11.4. The summed E-state index contributed by atoms with van der Waals surface area (Å²) in [6, 6.07) is 0. The van der Waals surface area contributed by atoms with E-state index in [2.05, 4.69) is 10.3 Å². The van der Waals surface area contributed by atoms with Crippen LogP contribution in [0.5, 0.6) is 0 Å². The van der Waals surface area contributed by atoms with Crippen LogP contribution in [0.15, 0.2) is 4.42 Å². The molecule has 6 nitrogen and oxygen atoms in total. The van der Waals surface area contributed by atoms with Crippen molar-refractivity contribution in [2.24, 2.45) is 0 Å². The number of hydrogen-bond donors (Lipinski definition) is 1. The number of nitrogens with one attached hydrogen (secondary N) is 1. The van der Waals surface area contributed by atoms with Crippen LogP contribution < -0.4 is 5.32 Å². The summed E-state index contributed by atoms with van der Waals surface area (Å²) in [5.74, 6) is 0.705. The summed E-state index contributed by atoms with van der Waals surface area (Å²) in [4.78, 5) is 25.9. The standard InChI is InChI=1S/C11H16N2O4/c1-7-13-8(6-14)9(16-7)5-12-10(15)17-11(2,3)4/h6H,5H2,1-4H3,(H,12,15). The van der Waals surface area contributed by atoms with Crippen LogP contribution in [0.25, 0.3) is 0 Å². The first kappa shape index (κ1) is 13.2. The Morgan fingerprint density at radius 3 is 2.71 bits per heavy atom. The largest absolute Gasteiger partial charge is 0.444 e. The Morgan fingerprint density at radius 2 is 2.18 bits per heavy atom. The van der Waals surface area contributed by atoms with Crippen LogP contribution >= 0.6 is 0 Å². The average Bonchev–Trinajstić information content (AvgIpc) is 2.53. The van der Waals surface area contributed by atoms with E-state index in [1.165, 1.54) is 0 Å². The van der Waals surface area contributed by atoms with Crippen molar-refractivity contribution in [1.29, 1.82) is 0 Å². The van der Waals surface area contributed by atoms with Gasteiger partial charge in [0.25, 0.3) is 0 Å². The first-order valence-corrected chi connectivity index (χ1v) is 5.20. The van der Waals surface area contributed by atoms with Gasteiger partial charge in [0.1, 0.15) is 11.3 Å². The summed E-state index contributed by atoms with van der Waals surface area (Å²) >= 11 is 0. The molecule has 0 saturated carbocycles. The highest BCUT2D eigenvalue weighted by Crippen LogP contribution is 2.10. The molecule has 6 heteroatoms. The predicted molar refractivity (Wildman–Crippen MR) is 59.7 cm³/mol. The Labute approximate surface area is 99.4 Å². The quantitative estimate of drug-likeness (QED) is 0.815. The normalized spacial score (nSPS) is 11.1. The van der Waals surface area contributed by atoms with Gasteiger partial charge in [-0.25, -0.2) is 9.78 Å². The molecule has 1 aromatic heterocycles. The van der Waals surface area contributed by atoms with Gasteiger partial charge in [-0.1, -0.05) is 0 Å². The van der Waals surface area contributed by atoms with E-state index in [1.807, 2.05) is 0 Å². The molecule has 1 heterocycles. The fourth-order valence-corrected chi connectivity index (χ4v) is 1.17. The van der Waals surface area contributed by atoms with Crippen molar-refractivity contribution < 1.29 is 18.7 Å². The molecule has 0 aliphatic heterocycles. The molecule has 1 N–H and O–H groups in total. The van der Waals surface area contributed by atoms with Crippen LogP contribution in [0.3, 0.4) is 0 Å². The highest BCUT2D eigenvalue weighted by atomic mass is 16.6. The predicted octanol–water partition coefficient (Wildman–Crippen LogP) is 1.82. The van der Waals surface area contributed by atoms with Crippen LogP contribution in [0.2, 0.25) is 0 Å². The number of rotatable bonds is 3. The third-order valence-electron chi connectivity index (χ3n) is 1.74. The van der Waals surface area contributed by atoms with Gasteiger partial charge in [-0.05, 0) is 20.8 Å². The van der Waals surface area contributed by atoms with Crippen molar-refractivity contribution in [1.82, 2.24) is 10.3 Å². The lowest BCUT2D eigenvalue weighted by Crippen LogP contribution is -2.32. The van der Waals surface area contributed by atoms with Crippen LogP contribution in [0, 0.1) is 6.92 Å². The highest BCUT2D eigenvalue weighted by Gasteiger charge is 2.17. The lowest BCUT2D eigenvalue weighted by Gasteiger charge is -2.19. The molecular formula is C11H16N2O4. The molecule has 0 bridgehead atoms. The average molecular weight is 240 g/mol. The summed E-state index contributed by atoms with van der Waals surface area (Å²) in [6.07, 6.45) is 0.0196. The fourth-order valence-electron chi connectivity index (χ4n) is 1.17. The molecule has 94 valence electrons. The molecule has 1 aromatic rings. The number of aromatic nitrogens is 1. The zero-order valence-corrected chi connectivity index (χ0v) is 10.4. The minimum absolute atomic E-state index is 0.0732. The van der Waals surface area contributed by atoms with E-state index in [0.29, 0.717) is 17.9 Å². The van der Waals surface area contributed by atoms with Gasteiger partial charge in [0.15, 0.2) is 17.9 Å². The number of aldehydes is 1. The Hall–Kier alpha value is -1.85. The SMILES string of the molecule is Cc1nc(C=O)c(CNC(=O)OC(C)(C)C)o1. The second-order valence-electron chi connectivity index (χ2n) is 4.51. The number of aryl methyl sites for hydroxylation is 1. The molecule has 0 atom stereocenters. The molecule has 0 fully saturated rings. The van der Waals surface area contributed by atoms with E-state index in [1.54, 1.807) is 27.7 Å². The van der Waals surface area contributed by atoms with Crippen LogP contribution in [0.4, 0.5) is 4.79 Å².